The van der Waals surface area contributed by atoms with Gasteiger partial charge in [0.05, 0.1) is 22.6 Å². The summed E-state index contributed by atoms with van der Waals surface area (Å²) in [4.78, 5) is 0. The normalized spacial score (nSPS) is 12.0. The number of nitrogens with one attached hydrogen (secondary N) is 1. The van der Waals surface area contributed by atoms with Crippen molar-refractivity contribution in [2.75, 3.05) is 10.5 Å². The lowest BCUT2D eigenvalue weighted by Gasteiger charge is -2.13. The van der Waals surface area contributed by atoms with Crippen LogP contribution in [0.15, 0.2) is 85.1 Å². The largest absolute Gasteiger partial charge is 0.417 e. The van der Waals surface area contributed by atoms with Gasteiger partial charge in [0.25, 0.3) is 0 Å². The van der Waals surface area contributed by atoms with Crippen LogP contribution in [0.25, 0.3) is 38.5 Å². The van der Waals surface area contributed by atoms with E-state index in [4.69, 9.17) is 5.73 Å². The summed E-state index contributed by atoms with van der Waals surface area (Å²) < 4.78 is 66.4. The van der Waals surface area contributed by atoms with E-state index in [0.717, 1.165) is 33.8 Å². The second kappa shape index (κ2) is 8.11. The van der Waals surface area contributed by atoms with Gasteiger partial charge in [-0.05, 0) is 57.4 Å². The fourth-order valence-corrected chi connectivity index (χ4v) is 4.53. The number of alkyl halides is 3. The first-order valence-corrected chi connectivity index (χ1v) is 11.4. The van der Waals surface area contributed by atoms with Crippen LogP contribution in [0.1, 0.15) is 5.56 Å². The van der Waals surface area contributed by atoms with Crippen LogP contribution in [0.2, 0.25) is 0 Å². The fraction of sp³-hybridized carbons (Fsp3) is 0.0400. The zero-order chi connectivity index (χ0) is 24.0. The second-order valence-corrected chi connectivity index (χ2v) is 8.58. The van der Waals surface area contributed by atoms with Crippen LogP contribution in [0, 0.1) is 0 Å². The van der Waals surface area contributed by atoms with E-state index in [9.17, 15) is 21.6 Å². The summed E-state index contributed by atoms with van der Waals surface area (Å²) in [5, 5.41) is 4.04. The summed E-state index contributed by atoms with van der Waals surface area (Å²) in [5.74, 6) is 0. The van der Waals surface area contributed by atoms with E-state index in [0.29, 0.717) is 16.9 Å². The van der Waals surface area contributed by atoms with Gasteiger partial charge in [-0.25, -0.2) is 8.42 Å². The van der Waals surface area contributed by atoms with Crippen LogP contribution in [0.5, 0.6) is 0 Å². The predicted molar refractivity (Wildman–Crippen MR) is 130 cm³/mol. The van der Waals surface area contributed by atoms with E-state index in [2.05, 4.69) is 4.72 Å². The van der Waals surface area contributed by atoms with Crippen molar-refractivity contribution < 1.29 is 21.6 Å². The molecule has 5 rings (SSSR count). The Bertz CT molecular complexity index is 1630. The Labute approximate surface area is 194 Å². The van der Waals surface area contributed by atoms with Crippen molar-refractivity contribution in [1.82, 2.24) is 4.57 Å². The molecule has 9 heteroatoms. The summed E-state index contributed by atoms with van der Waals surface area (Å²) in [6.07, 6.45) is -3.53. The molecule has 0 saturated heterocycles. The maximum Gasteiger partial charge on any atom is 0.417 e. The molecule has 3 N–H and O–H groups in total. The molecule has 0 amide bonds. The number of anilines is 2. The van der Waals surface area contributed by atoms with Crippen molar-refractivity contribution >= 4 is 43.8 Å². The van der Waals surface area contributed by atoms with E-state index in [1.807, 2.05) is 48.5 Å². The van der Waals surface area contributed by atoms with Gasteiger partial charge in [-0.1, -0.05) is 48.5 Å². The lowest BCUT2D eigenvalue weighted by molar-refractivity contribution is -0.137. The summed E-state index contributed by atoms with van der Waals surface area (Å²) in [6, 6.07) is 22.9. The Balaban J connectivity index is 1.68. The molecule has 0 spiro atoms. The molecule has 0 unspecified atom stereocenters. The maximum atomic E-state index is 13.6. The molecule has 0 aliphatic rings. The third-order valence-electron chi connectivity index (χ3n) is 5.71. The topological polar surface area (TPSA) is 77.1 Å². The third kappa shape index (κ3) is 3.94. The van der Waals surface area contributed by atoms with Gasteiger partial charge in [0.2, 0.25) is 10.9 Å². The smallest absolute Gasteiger partial charge is 0.397 e. The molecule has 0 radical (unpaired) electrons. The van der Waals surface area contributed by atoms with Gasteiger partial charge in [0.1, 0.15) is 0 Å². The number of rotatable bonds is 4. The van der Waals surface area contributed by atoms with Gasteiger partial charge < -0.3 is 10.3 Å². The Hall–Kier alpha value is -3.98. The number of hydrogen-bond acceptors (Lipinski definition) is 3. The Morgan fingerprint density at radius 1 is 0.824 bits per heavy atom. The van der Waals surface area contributed by atoms with Crippen LogP contribution in [-0.2, 0) is 17.1 Å². The second-order valence-electron chi connectivity index (χ2n) is 7.84. The highest BCUT2D eigenvalue weighted by Gasteiger charge is 2.33. The average Bonchev–Trinajstić information content (AvgIpc) is 3.26. The highest BCUT2D eigenvalue weighted by molar-refractivity contribution is 7.73. The first kappa shape index (κ1) is 21.8. The van der Waals surface area contributed by atoms with Crippen molar-refractivity contribution in [2.45, 2.75) is 6.18 Å². The molecule has 0 saturated carbocycles. The predicted octanol–water partition coefficient (Wildman–Crippen LogP) is 5.99. The monoisotopic (exact) mass is 481 g/mol. The number of nitrogens with two attached hydrogens (primary N) is 1. The van der Waals surface area contributed by atoms with E-state index in [-0.39, 0.29) is 11.4 Å². The molecule has 0 aliphatic heterocycles. The van der Waals surface area contributed by atoms with Crippen molar-refractivity contribution in [3.8, 4) is 16.9 Å². The summed E-state index contributed by atoms with van der Waals surface area (Å²) >= 11 is 0. The van der Waals surface area contributed by atoms with Crippen LogP contribution >= 0.6 is 0 Å². The highest BCUT2D eigenvalue weighted by atomic mass is 32.2. The zero-order valence-electron chi connectivity index (χ0n) is 17.5. The molecule has 0 bridgehead atoms. The molecular formula is C25H18F3N3O2S. The van der Waals surface area contributed by atoms with E-state index in [1.165, 1.54) is 22.8 Å². The molecule has 172 valence electrons. The quantitative estimate of drug-likeness (QED) is 0.168. The molecule has 0 fully saturated rings. The lowest BCUT2D eigenvalue weighted by Crippen LogP contribution is -2.04. The summed E-state index contributed by atoms with van der Waals surface area (Å²) in [5.41, 5.74) is 6.69. The van der Waals surface area contributed by atoms with Crippen molar-refractivity contribution in [3.63, 3.8) is 0 Å². The molecule has 1 heterocycles. The van der Waals surface area contributed by atoms with Crippen molar-refractivity contribution in [1.29, 1.82) is 0 Å². The number of benzene rings is 4. The van der Waals surface area contributed by atoms with Crippen LogP contribution in [-0.4, -0.2) is 13.0 Å². The van der Waals surface area contributed by atoms with Crippen LogP contribution in [0.3, 0.4) is 0 Å². The minimum Gasteiger partial charge on any atom is -0.397 e. The van der Waals surface area contributed by atoms with Crippen molar-refractivity contribution in [3.05, 3.63) is 90.6 Å². The van der Waals surface area contributed by atoms with E-state index in [1.54, 1.807) is 6.07 Å². The molecule has 34 heavy (non-hydrogen) atoms. The first-order valence-electron chi connectivity index (χ1n) is 10.2. The number of fused-ring (bicyclic) bond motifs is 3. The van der Waals surface area contributed by atoms with Crippen LogP contribution < -0.4 is 10.5 Å². The first-order chi connectivity index (χ1) is 16.2. The minimum absolute atomic E-state index is 0.0925. The average molecular weight is 481 g/mol. The molecule has 1 aromatic heterocycles. The SMILES string of the molecule is Nc1cc(-n2cc(C(F)(F)F)cc2-c2ccc3c(ccc4ccccc43)c2)ccc1N[SH](=O)=O. The number of halogens is 3. The number of hydrogen-bond donors (Lipinski definition) is 3. The number of aromatic nitrogens is 1. The molecule has 4 aromatic carbocycles. The van der Waals surface area contributed by atoms with E-state index < -0.39 is 22.6 Å². The highest BCUT2D eigenvalue weighted by Crippen LogP contribution is 2.37. The maximum absolute atomic E-state index is 13.6. The number of nitrogens with zero attached hydrogens (tertiary/aromatic N) is 1. The fourth-order valence-electron chi connectivity index (χ4n) is 4.13. The molecule has 5 aromatic rings. The summed E-state index contributed by atoms with van der Waals surface area (Å²) in [6.45, 7) is 0. The standard InChI is InChI=1S/C25H18F3N3O2S/c26-25(27,28)18-12-24(31(14-18)19-8-10-23(22(29)13-19)30-34(32)33)17-7-9-21-16(11-17)6-5-15-3-1-2-4-20(15)21/h1-14,34H,29H2,(H,30,32,33). The van der Waals surface area contributed by atoms with Gasteiger partial charge in [-0.2, -0.15) is 13.2 Å². The van der Waals surface area contributed by atoms with Crippen molar-refractivity contribution in [2.24, 2.45) is 0 Å². The van der Waals surface area contributed by atoms with Gasteiger partial charge >= 0.3 is 6.18 Å². The Morgan fingerprint density at radius 3 is 2.29 bits per heavy atom. The lowest BCUT2D eigenvalue weighted by atomic mass is 9.99. The number of thiol groups is 1. The van der Waals surface area contributed by atoms with Crippen LogP contribution in [0.4, 0.5) is 24.5 Å². The molecule has 0 aliphatic carbocycles. The van der Waals surface area contributed by atoms with E-state index >= 15 is 0 Å². The Kier molecular flexibility index (Phi) is 5.21. The van der Waals surface area contributed by atoms with Gasteiger partial charge in [0.15, 0.2) is 0 Å². The molecule has 0 atom stereocenters. The molecular weight excluding hydrogens is 463 g/mol. The molecule has 5 nitrogen and oxygen atoms in total. The van der Waals surface area contributed by atoms with Gasteiger partial charge in [0, 0.05) is 11.9 Å². The summed E-state index contributed by atoms with van der Waals surface area (Å²) in [7, 11) is -2.93. The van der Waals surface area contributed by atoms with Gasteiger partial charge in [-0.3, -0.25) is 4.72 Å². The minimum atomic E-state index is -4.54. The number of nitrogen functional groups attached to an aromatic ring is 1. The zero-order valence-corrected chi connectivity index (χ0v) is 18.4. The van der Waals surface area contributed by atoms with Gasteiger partial charge in [-0.15, -0.1) is 0 Å². The Morgan fingerprint density at radius 2 is 1.56 bits per heavy atom. The third-order valence-corrected chi connectivity index (χ3v) is 6.14.